The van der Waals surface area contributed by atoms with Gasteiger partial charge in [-0.25, -0.2) is 0 Å². The number of unbranched alkanes of at least 4 members (excludes halogenated alkanes) is 12. The molecule has 0 aromatic carbocycles. The molecule has 0 aliphatic carbocycles. The highest BCUT2D eigenvalue weighted by Crippen LogP contribution is 2.40. The van der Waals surface area contributed by atoms with Gasteiger partial charge in [0, 0.05) is 12.6 Å². The lowest BCUT2D eigenvalue weighted by molar-refractivity contribution is 0.357. The molecule has 0 saturated heterocycles. The van der Waals surface area contributed by atoms with Crippen LogP contribution < -0.4 is 0 Å². The van der Waals surface area contributed by atoms with Crippen molar-refractivity contribution < 1.29 is 10.2 Å². The highest BCUT2D eigenvalue weighted by molar-refractivity contribution is 8.01. The highest BCUT2D eigenvalue weighted by Gasteiger charge is 2.16. The van der Waals surface area contributed by atoms with Crippen molar-refractivity contribution in [3.63, 3.8) is 0 Å². The topological polar surface area (TPSA) is 74.1 Å². The Hall–Kier alpha value is -1.25. The van der Waals surface area contributed by atoms with Crippen LogP contribution in [0.1, 0.15) is 96.8 Å². The van der Waals surface area contributed by atoms with Gasteiger partial charge in [0.25, 0.3) is 0 Å². The third-order valence-corrected chi connectivity index (χ3v) is 7.69. The molecule has 0 radical (unpaired) electrons. The zero-order valence-corrected chi connectivity index (χ0v) is 21.8. The molecular formula is C24H39N3O2S3. The minimum atomic E-state index is 0.0943. The molecule has 180 valence electrons. The van der Waals surface area contributed by atoms with E-state index in [0.29, 0.717) is 15.4 Å². The number of allylic oxidation sites excluding steroid dienone is 2. The van der Waals surface area contributed by atoms with Gasteiger partial charge in [0.05, 0.1) is 4.90 Å². The minimum Gasteiger partial charge on any atom is -0.494 e. The molecule has 2 aromatic heterocycles. The Morgan fingerprint density at radius 2 is 1.56 bits per heavy atom. The quantitative estimate of drug-likeness (QED) is 0.109. The summed E-state index contributed by atoms with van der Waals surface area (Å²) in [7, 11) is 0. The highest BCUT2D eigenvalue weighted by atomic mass is 32.2. The summed E-state index contributed by atoms with van der Waals surface area (Å²) in [4.78, 5) is 0.602. The van der Waals surface area contributed by atoms with Gasteiger partial charge in [-0.2, -0.15) is 5.10 Å². The van der Waals surface area contributed by atoms with Gasteiger partial charge >= 0.3 is 0 Å². The van der Waals surface area contributed by atoms with Gasteiger partial charge in [-0.05, 0) is 44.3 Å². The van der Waals surface area contributed by atoms with Crippen molar-refractivity contribution in [3.05, 3.63) is 22.2 Å². The molecule has 2 rings (SSSR count). The van der Waals surface area contributed by atoms with E-state index >= 15 is 0 Å². The molecule has 0 spiro atoms. The summed E-state index contributed by atoms with van der Waals surface area (Å²) in [6.07, 6.45) is 22.4. The molecule has 0 unspecified atom stereocenters. The van der Waals surface area contributed by atoms with Gasteiger partial charge in [-0.15, -0.1) is 0 Å². The second-order valence-electron chi connectivity index (χ2n) is 8.26. The van der Waals surface area contributed by atoms with Crippen molar-refractivity contribution in [2.45, 2.75) is 113 Å². The number of hydrogen-bond donors (Lipinski definition) is 3. The van der Waals surface area contributed by atoms with Crippen molar-refractivity contribution in [2.75, 3.05) is 0 Å². The maximum Gasteiger partial charge on any atom is 0.208 e. The first-order valence-electron chi connectivity index (χ1n) is 12.1. The Morgan fingerprint density at radius 1 is 0.969 bits per heavy atom. The average molecular weight is 498 g/mol. The zero-order valence-electron chi connectivity index (χ0n) is 19.4. The monoisotopic (exact) mass is 497 g/mol. The van der Waals surface area contributed by atoms with Crippen LogP contribution in [-0.2, 0) is 6.54 Å². The number of aromatic amines is 1. The number of nitrogens with zero attached hydrogens (tertiary/aromatic N) is 2. The number of H-pyrrole nitrogens is 1. The van der Waals surface area contributed by atoms with E-state index in [2.05, 4.69) is 29.3 Å². The summed E-state index contributed by atoms with van der Waals surface area (Å²) in [5, 5.41) is 27.4. The molecule has 32 heavy (non-hydrogen) atoms. The van der Waals surface area contributed by atoms with E-state index in [-0.39, 0.29) is 11.8 Å². The molecule has 0 amide bonds. The first-order chi connectivity index (χ1) is 15.6. The lowest BCUT2D eigenvalue weighted by Crippen LogP contribution is -1.96. The molecule has 5 nitrogen and oxygen atoms in total. The molecule has 0 saturated carbocycles. The van der Waals surface area contributed by atoms with Crippen LogP contribution in [0.25, 0.3) is 0 Å². The van der Waals surface area contributed by atoms with Crippen molar-refractivity contribution in [2.24, 2.45) is 0 Å². The van der Waals surface area contributed by atoms with Crippen molar-refractivity contribution >= 4 is 35.3 Å². The summed E-state index contributed by atoms with van der Waals surface area (Å²) >= 11 is 7.69. The zero-order chi connectivity index (χ0) is 23.0. The third kappa shape index (κ3) is 10.6. The van der Waals surface area contributed by atoms with E-state index in [1.165, 1.54) is 100 Å². The maximum absolute atomic E-state index is 10.4. The summed E-state index contributed by atoms with van der Waals surface area (Å²) < 4.78 is 2.89. The van der Waals surface area contributed by atoms with Crippen molar-refractivity contribution in [1.82, 2.24) is 14.8 Å². The molecule has 0 bridgehead atoms. The first-order valence-corrected chi connectivity index (χ1v) is 14.2. The Labute approximate surface area is 206 Å². The minimum absolute atomic E-state index is 0.0943. The molecular weight excluding hydrogens is 458 g/mol. The van der Waals surface area contributed by atoms with E-state index in [1.54, 1.807) is 10.6 Å². The predicted octanol–water partition coefficient (Wildman–Crippen LogP) is 8.60. The molecule has 2 heterocycles. The third-order valence-electron chi connectivity index (χ3n) is 5.52. The van der Waals surface area contributed by atoms with E-state index in [1.807, 2.05) is 0 Å². The van der Waals surface area contributed by atoms with Crippen LogP contribution in [0.2, 0.25) is 0 Å². The number of aromatic nitrogens is 3. The number of hydrogen-bond acceptors (Lipinski definition) is 6. The summed E-state index contributed by atoms with van der Waals surface area (Å²) in [5.41, 5.74) is 0. The summed E-state index contributed by atoms with van der Waals surface area (Å²) in [5.74, 6) is 0.193. The van der Waals surface area contributed by atoms with Crippen molar-refractivity contribution in [1.29, 1.82) is 0 Å². The Balaban J connectivity index is 1.49. The lowest BCUT2D eigenvalue weighted by atomic mass is 10.1. The maximum atomic E-state index is 10.4. The van der Waals surface area contributed by atoms with E-state index in [4.69, 9.17) is 12.2 Å². The fourth-order valence-electron chi connectivity index (χ4n) is 3.67. The summed E-state index contributed by atoms with van der Waals surface area (Å²) in [6, 6.07) is 1.59. The Morgan fingerprint density at radius 3 is 2.16 bits per heavy atom. The van der Waals surface area contributed by atoms with Crippen LogP contribution in [0.5, 0.6) is 11.8 Å². The van der Waals surface area contributed by atoms with Gasteiger partial charge in [0.15, 0.2) is 14.2 Å². The molecule has 0 atom stereocenters. The first kappa shape index (κ1) is 27.0. The van der Waals surface area contributed by atoms with E-state index in [9.17, 15) is 10.2 Å². The lowest BCUT2D eigenvalue weighted by Gasteiger charge is -2.07. The second-order valence-corrected chi connectivity index (χ2v) is 11.2. The van der Waals surface area contributed by atoms with Crippen LogP contribution >= 0.6 is 35.3 Å². The van der Waals surface area contributed by atoms with Crippen molar-refractivity contribution in [3.8, 4) is 11.8 Å². The Kier molecular flexibility index (Phi) is 13.8. The molecule has 2 aromatic rings. The SMILES string of the molecule is CCCCCCCCC=CCCCCCCCCn1c(O)cc(Sc2n[nH]c(=S)s2)c1O. The molecule has 0 aliphatic heterocycles. The number of rotatable bonds is 18. The van der Waals surface area contributed by atoms with Crippen LogP contribution in [0.4, 0.5) is 0 Å². The van der Waals surface area contributed by atoms with Gasteiger partial charge < -0.3 is 10.2 Å². The summed E-state index contributed by atoms with van der Waals surface area (Å²) in [6.45, 7) is 2.89. The molecule has 0 aliphatic rings. The average Bonchev–Trinajstić information content (AvgIpc) is 3.30. The van der Waals surface area contributed by atoms with Gasteiger partial charge in [-0.3, -0.25) is 9.67 Å². The molecule has 3 N–H and O–H groups in total. The largest absolute Gasteiger partial charge is 0.494 e. The standard InChI is InChI=1S/C24H39N3O2S3/c1-2-3-4-5-6-7-8-9-10-11-12-13-14-15-16-17-18-27-21(28)19-20(22(27)29)31-24-26-25-23(30)32-24/h9-10,19,28-29H,2-8,11-18H2,1H3,(H,25,30). The van der Waals surface area contributed by atoms with Gasteiger partial charge in [-0.1, -0.05) is 100.0 Å². The van der Waals surface area contributed by atoms with Crippen LogP contribution in [-0.4, -0.2) is 25.0 Å². The smallest absolute Gasteiger partial charge is 0.208 e. The van der Waals surface area contributed by atoms with Crippen LogP contribution in [0.3, 0.4) is 0 Å². The van der Waals surface area contributed by atoms with Gasteiger partial charge in [0.1, 0.15) is 0 Å². The normalized spacial score (nSPS) is 11.7. The predicted molar refractivity (Wildman–Crippen MR) is 139 cm³/mol. The van der Waals surface area contributed by atoms with E-state index < -0.39 is 0 Å². The van der Waals surface area contributed by atoms with Gasteiger partial charge in [0.2, 0.25) is 5.88 Å². The fourth-order valence-corrected chi connectivity index (χ4v) is 5.78. The van der Waals surface area contributed by atoms with E-state index in [0.717, 1.165) is 17.2 Å². The number of nitrogens with one attached hydrogen (secondary N) is 1. The van der Waals surface area contributed by atoms with Crippen LogP contribution in [0.15, 0.2) is 27.5 Å². The molecule has 8 heteroatoms. The van der Waals surface area contributed by atoms with Crippen LogP contribution in [0, 0.1) is 3.95 Å². The molecule has 0 fully saturated rings. The Bertz CT molecular complexity index is 842. The fraction of sp³-hybridized carbons (Fsp3) is 0.667. The second kappa shape index (κ2) is 16.4. The number of aromatic hydroxyl groups is 2.